The predicted molar refractivity (Wildman–Crippen MR) is 100 cm³/mol. The number of aromatic nitrogens is 2. The van der Waals surface area contributed by atoms with Crippen molar-refractivity contribution in [2.75, 3.05) is 44.2 Å². The van der Waals surface area contributed by atoms with Crippen molar-refractivity contribution >= 4 is 44.0 Å². The second-order valence-corrected chi connectivity index (χ2v) is 8.27. The van der Waals surface area contributed by atoms with Crippen molar-refractivity contribution in [3.05, 3.63) is 16.9 Å². The Kier molecular flexibility index (Phi) is 5.53. The zero-order valence-corrected chi connectivity index (χ0v) is 16.5. The molecule has 1 fully saturated rings. The predicted octanol–water partition coefficient (Wildman–Crippen LogP) is 2.55. The fourth-order valence-corrected chi connectivity index (χ4v) is 3.85. The molecule has 1 unspecified atom stereocenters. The van der Waals surface area contributed by atoms with Crippen LogP contribution in [0.5, 0.6) is 0 Å². The summed E-state index contributed by atoms with van der Waals surface area (Å²) in [6.45, 7) is 7.96. The molecule has 1 atom stereocenters. The van der Waals surface area contributed by atoms with Crippen molar-refractivity contribution < 1.29 is 0 Å². The van der Waals surface area contributed by atoms with E-state index in [2.05, 4.69) is 74.9 Å². The lowest BCUT2D eigenvalue weighted by Crippen LogP contribution is -2.57. The van der Waals surface area contributed by atoms with E-state index in [0.29, 0.717) is 0 Å². The first-order chi connectivity index (χ1) is 11.1. The molecule has 1 aromatic rings. The number of halogens is 2. The quantitative estimate of drug-likeness (QED) is 0.514. The highest BCUT2D eigenvalue weighted by molar-refractivity contribution is 9.10. The Bertz CT molecular complexity index is 543. The molecule has 3 heterocycles. The van der Waals surface area contributed by atoms with Crippen molar-refractivity contribution in [2.45, 2.75) is 24.2 Å². The number of nitrogens with zero attached hydrogens (tertiary/aromatic N) is 6. The normalized spacial score (nSPS) is 25.3. The van der Waals surface area contributed by atoms with Gasteiger partial charge in [0.05, 0.1) is 17.2 Å². The van der Waals surface area contributed by atoms with E-state index in [9.17, 15) is 0 Å². The third kappa shape index (κ3) is 4.03. The smallest absolute Gasteiger partial charge is 0.225 e. The Hall–Kier alpha value is -0.730. The van der Waals surface area contributed by atoms with Crippen LogP contribution in [0, 0.1) is 0 Å². The molecule has 1 aromatic heterocycles. The van der Waals surface area contributed by atoms with Crippen LogP contribution in [0.25, 0.3) is 0 Å². The van der Waals surface area contributed by atoms with E-state index in [1.54, 1.807) is 12.4 Å². The molecule has 126 valence electrons. The Morgan fingerprint density at radius 3 is 2.52 bits per heavy atom. The van der Waals surface area contributed by atoms with Crippen LogP contribution >= 0.6 is 31.9 Å². The molecule has 0 saturated carbocycles. The van der Waals surface area contributed by atoms with Gasteiger partial charge >= 0.3 is 0 Å². The van der Waals surface area contributed by atoms with Crippen LogP contribution in [0.1, 0.15) is 19.8 Å². The number of anilines is 1. The van der Waals surface area contributed by atoms with E-state index in [1.807, 2.05) is 0 Å². The minimum absolute atomic E-state index is 0.132. The molecule has 0 aliphatic carbocycles. The average molecular weight is 446 g/mol. The first-order valence-corrected chi connectivity index (χ1v) is 9.66. The van der Waals surface area contributed by atoms with Gasteiger partial charge in [-0.05, 0) is 22.4 Å². The first-order valence-electron chi connectivity index (χ1n) is 8.07. The highest BCUT2D eigenvalue weighted by atomic mass is 79.9. The van der Waals surface area contributed by atoms with Crippen LogP contribution in [0.4, 0.5) is 5.95 Å². The van der Waals surface area contributed by atoms with Crippen LogP contribution in [-0.4, -0.2) is 69.8 Å². The third-order valence-electron chi connectivity index (χ3n) is 4.29. The summed E-state index contributed by atoms with van der Waals surface area (Å²) in [5.74, 6) is 0.807. The van der Waals surface area contributed by atoms with E-state index in [1.165, 1.54) is 12.8 Å². The van der Waals surface area contributed by atoms with Gasteiger partial charge in [0.25, 0.3) is 0 Å². The molecule has 23 heavy (non-hydrogen) atoms. The van der Waals surface area contributed by atoms with Gasteiger partial charge in [-0.1, -0.05) is 29.3 Å². The largest absolute Gasteiger partial charge is 0.338 e. The number of piperazine rings is 1. The highest BCUT2D eigenvalue weighted by Gasteiger charge is 2.39. The van der Waals surface area contributed by atoms with Crippen molar-refractivity contribution in [3.8, 4) is 0 Å². The number of unbranched alkanes of at least 4 members (excludes halogenated alkanes) is 1. The van der Waals surface area contributed by atoms with Gasteiger partial charge in [0.1, 0.15) is 4.45 Å². The summed E-state index contributed by atoms with van der Waals surface area (Å²) >= 11 is 7.28. The van der Waals surface area contributed by atoms with E-state index in [0.717, 1.165) is 49.7 Å². The maximum absolute atomic E-state index is 4.56. The van der Waals surface area contributed by atoms with Gasteiger partial charge in [-0.2, -0.15) is 5.10 Å². The molecule has 8 heteroatoms. The minimum atomic E-state index is -0.132. The van der Waals surface area contributed by atoms with Crippen molar-refractivity contribution in [1.82, 2.24) is 19.9 Å². The standard InChI is InChI=1S/C15H22Br2N6/c1-2-3-4-23-12-15(17,11-20-23)22-7-5-21(6-8-22)14-18-9-13(16)10-19-14/h9-11H,2-8,12H2,1H3. The maximum atomic E-state index is 4.56. The second kappa shape index (κ2) is 7.44. The van der Waals surface area contributed by atoms with Crippen LogP contribution in [0.2, 0.25) is 0 Å². The van der Waals surface area contributed by atoms with Crippen LogP contribution in [0.3, 0.4) is 0 Å². The fourth-order valence-electron chi connectivity index (χ4n) is 2.91. The second-order valence-electron chi connectivity index (χ2n) is 5.98. The Morgan fingerprint density at radius 1 is 1.17 bits per heavy atom. The van der Waals surface area contributed by atoms with Gasteiger partial charge in [-0.15, -0.1) is 0 Å². The minimum Gasteiger partial charge on any atom is -0.338 e. The van der Waals surface area contributed by atoms with Gasteiger partial charge < -0.3 is 4.90 Å². The Morgan fingerprint density at radius 2 is 1.87 bits per heavy atom. The van der Waals surface area contributed by atoms with E-state index in [4.69, 9.17) is 0 Å². The van der Waals surface area contributed by atoms with E-state index >= 15 is 0 Å². The monoisotopic (exact) mass is 444 g/mol. The van der Waals surface area contributed by atoms with Gasteiger partial charge in [0.2, 0.25) is 5.95 Å². The summed E-state index contributed by atoms with van der Waals surface area (Å²) in [5, 5.41) is 6.73. The molecule has 2 aliphatic heterocycles. The summed E-state index contributed by atoms with van der Waals surface area (Å²) < 4.78 is 0.779. The van der Waals surface area contributed by atoms with Crippen molar-refractivity contribution in [2.24, 2.45) is 5.10 Å². The van der Waals surface area contributed by atoms with Gasteiger partial charge in [-0.25, -0.2) is 9.97 Å². The van der Waals surface area contributed by atoms with Crippen LogP contribution in [-0.2, 0) is 0 Å². The summed E-state index contributed by atoms with van der Waals surface area (Å²) in [6, 6.07) is 0. The van der Waals surface area contributed by atoms with Gasteiger partial charge in [0.15, 0.2) is 0 Å². The molecular weight excluding hydrogens is 424 g/mol. The molecule has 6 nitrogen and oxygen atoms in total. The van der Waals surface area contributed by atoms with E-state index in [-0.39, 0.29) is 4.45 Å². The average Bonchev–Trinajstić information content (AvgIpc) is 2.96. The molecule has 0 bridgehead atoms. The van der Waals surface area contributed by atoms with E-state index < -0.39 is 0 Å². The SMILES string of the molecule is CCCCN1CC(Br)(N2CCN(c3ncc(Br)cn3)CC2)C=N1. The molecule has 0 radical (unpaired) electrons. The topological polar surface area (TPSA) is 47.9 Å². The molecule has 3 rings (SSSR count). The van der Waals surface area contributed by atoms with Crippen LogP contribution < -0.4 is 4.90 Å². The summed E-state index contributed by atoms with van der Waals surface area (Å²) in [5.41, 5.74) is 0. The van der Waals surface area contributed by atoms with Crippen molar-refractivity contribution in [3.63, 3.8) is 0 Å². The lowest BCUT2D eigenvalue weighted by molar-refractivity contribution is 0.177. The number of alkyl halides is 1. The Balaban J connectivity index is 1.55. The maximum Gasteiger partial charge on any atom is 0.225 e. The third-order valence-corrected chi connectivity index (χ3v) is 5.65. The highest BCUT2D eigenvalue weighted by Crippen LogP contribution is 2.29. The zero-order valence-electron chi connectivity index (χ0n) is 13.3. The number of hydrazone groups is 1. The Labute approximate surface area is 154 Å². The van der Waals surface area contributed by atoms with Crippen molar-refractivity contribution in [1.29, 1.82) is 0 Å². The summed E-state index contributed by atoms with van der Waals surface area (Å²) in [6.07, 6.45) is 8.04. The molecule has 1 saturated heterocycles. The van der Waals surface area contributed by atoms with Gasteiger partial charge in [-0.3, -0.25) is 9.91 Å². The molecule has 0 amide bonds. The molecule has 2 aliphatic rings. The molecule has 0 spiro atoms. The fraction of sp³-hybridized carbons (Fsp3) is 0.667. The lowest BCUT2D eigenvalue weighted by atomic mass is 10.2. The first kappa shape index (κ1) is 17.1. The zero-order chi connectivity index (χ0) is 16.3. The molecular formula is C15H22Br2N6. The van der Waals surface area contributed by atoms with Gasteiger partial charge in [0, 0.05) is 45.1 Å². The lowest BCUT2D eigenvalue weighted by Gasteiger charge is -2.41. The summed E-state index contributed by atoms with van der Waals surface area (Å²) in [4.78, 5) is 13.5. The molecule has 0 aromatic carbocycles. The number of hydrogen-bond acceptors (Lipinski definition) is 6. The number of rotatable bonds is 5. The van der Waals surface area contributed by atoms with Crippen LogP contribution in [0.15, 0.2) is 22.0 Å². The summed E-state index contributed by atoms with van der Waals surface area (Å²) in [7, 11) is 0. The molecule has 0 N–H and O–H groups in total. The number of hydrogen-bond donors (Lipinski definition) is 0.